The number of hydrazine groups is 1. The predicted octanol–water partition coefficient (Wildman–Crippen LogP) is 6.66. The molecule has 5 rings (SSSR count). The van der Waals surface area contributed by atoms with E-state index >= 15 is 0 Å². The summed E-state index contributed by atoms with van der Waals surface area (Å²) in [5.74, 6) is 0.330. The number of rotatable bonds is 9. The van der Waals surface area contributed by atoms with E-state index in [9.17, 15) is 9.59 Å². The molecule has 0 spiro atoms. The Kier molecular flexibility index (Phi) is 8.53. The van der Waals surface area contributed by atoms with Crippen LogP contribution in [0.1, 0.15) is 62.6 Å². The van der Waals surface area contributed by atoms with Gasteiger partial charge < -0.3 is 0 Å². The number of aliphatic imine (C=N–C) groups is 1. The van der Waals surface area contributed by atoms with E-state index in [-0.39, 0.29) is 18.2 Å². The Bertz CT molecular complexity index is 1640. The molecule has 1 aromatic heterocycles. The molecule has 41 heavy (non-hydrogen) atoms. The number of carbonyl (C=O) groups is 1. The smallest absolute Gasteiger partial charge is 0.281 e. The van der Waals surface area contributed by atoms with Crippen molar-refractivity contribution in [1.29, 1.82) is 0 Å². The molecule has 0 saturated heterocycles. The maximum atomic E-state index is 13.6. The van der Waals surface area contributed by atoms with Gasteiger partial charge in [0.2, 0.25) is 5.91 Å². The first-order valence-electron chi connectivity index (χ1n) is 14.1. The number of fused-ring (bicyclic) bond motifs is 1. The van der Waals surface area contributed by atoms with Crippen LogP contribution in [0.4, 0.5) is 11.6 Å². The van der Waals surface area contributed by atoms with Gasteiger partial charge in [0.05, 0.1) is 17.7 Å². The highest BCUT2D eigenvalue weighted by molar-refractivity contribution is 6.05. The number of hydrogen-bond donors (Lipinski definition) is 2. The number of aromatic nitrogens is 2. The number of anilines is 1. The van der Waals surface area contributed by atoms with Crippen LogP contribution in [0, 0.1) is 0 Å². The fraction of sp³-hybridized carbons (Fsp3) is 0.235. The van der Waals surface area contributed by atoms with E-state index in [2.05, 4.69) is 41.8 Å². The van der Waals surface area contributed by atoms with E-state index in [4.69, 9.17) is 4.99 Å². The van der Waals surface area contributed by atoms with Crippen molar-refractivity contribution in [2.75, 3.05) is 5.43 Å². The molecular formula is C34H35N5O2. The lowest BCUT2D eigenvalue weighted by Crippen LogP contribution is -2.35. The van der Waals surface area contributed by atoms with Crippen LogP contribution in [0.3, 0.4) is 0 Å². The van der Waals surface area contributed by atoms with Gasteiger partial charge >= 0.3 is 5.69 Å². The fourth-order valence-corrected chi connectivity index (χ4v) is 5.44. The highest BCUT2D eigenvalue weighted by Crippen LogP contribution is 2.46. The lowest BCUT2D eigenvalue weighted by molar-refractivity contribution is -0.119. The van der Waals surface area contributed by atoms with E-state index in [0.717, 1.165) is 47.2 Å². The number of para-hydroxylation sites is 1. The van der Waals surface area contributed by atoms with E-state index in [1.807, 2.05) is 85.8 Å². The molecule has 0 bridgehead atoms. The predicted molar refractivity (Wildman–Crippen MR) is 165 cm³/mol. The Labute approximate surface area is 240 Å². The zero-order chi connectivity index (χ0) is 28.8. The second-order valence-corrected chi connectivity index (χ2v) is 10.3. The van der Waals surface area contributed by atoms with Crippen LogP contribution < -0.4 is 16.5 Å². The zero-order valence-electron chi connectivity index (χ0n) is 23.7. The molecule has 0 radical (unpaired) electrons. The number of nitrogens with zero attached hydrogens (tertiary/aromatic N) is 3. The average Bonchev–Trinajstić information content (AvgIpc) is 2.99. The molecule has 1 aliphatic rings. The first-order valence-corrected chi connectivity index (χ1v) is 14.1. The quantitative estimate of drug-likeness (QED) is 0.230. The van der Waals surface area contributed by atoms with Gasteiger partial charge in [0.25, 0.3) is 0 Å². The first kappa shape index (κ1) is 27.8. The maximum absolute atomic E-state index is 13.6. The third-order valence-corrected chi connectivity index (χ3v) is 7.39. The summed E-state index contributed by atoms with van der Waals surface area (Å²) in [6.07, 6.45) is 3.29. The Morgan fingerprint density at radius 2 is 1.56 bits per heavy atom. The number of unbranched alkanes of at least 4 members (excludes halogenated alkanes) is 1. The number of benzene rings is 3. The number of carbonyl (C=O) groups excluding carboxylic acids is 1. The molecule has 4 aromatic rings. The minimum atomic E-state index is -0.478. The van der Waals surface area contributed by atoms with Crippen LogP contribution in [-0.4, -0.2) is 21.2 Å². The monoisotopic (exact) mass is 545 g/mol. The lowest BCUT2D eigenvalue weighted by Gasteiger charge is -2.32. The van der Waals surface area contributed by atoms with Crippen molar-refractivity contribution in [3.63, 3.8) is 0 Å². The van der Waals surface area contributed by atoms with Gasteiger partial charge in [0, 0.05) is 11.6 Å². The summed E-state index contributed by atoms with van der Waals surface area (Å²) in [5, 5.41) is 0. The summed E-state index contributed by atoms with van der Waals surface area (Å²) in [4.78, 5) is 36.0. The Hall–Kier alpha value is -4.78. The molecule has 1 unspecified atom stereocenters. The normalized spacial score (nSPS) is 15.5. The molecule has 208 valence electrons. The molecule has 1 amide bonds. The van der Waals surface area contributed by atoms with Crippen molar-refractivity contribution in [1.82, 2.24) is 15.0 Å². The molecule has 0 fully saturated rings. The number of hydrogen-bond acceptors (Lipinski definition) is 5. The van der Waals surface area contributed by atoms with Crippen molar-refractivity contribution in [2.45, 2.75) is 52.4 Å². The molecule has 0 saturated carbocycles. The van der Waals surface area contributed by atoms with Gasteiger partial charge in [-0.15, -0.1) is 0 Å². The minimum Gasteiger partial charge on any atom is -0.281 e. The highest BCUT2D eigenvalue weighted by atomic mass is 16.2. The second kappa shape index (κ2) is 12.6. The topological polar surface area (TPSA) is 88.4 Å². The maximum Gasteiger partial charge on any atom is 0.355 e. The number of allylic oxidation sites excluding steroid dienone is 2. The van der Waals surface area contributed by atoms with Crippen LogP contribution in [0.5, 0.6) is 0 Å². The summed E-state index contributed by atoms with van der Waals surface area (Å²) in [7, 11) is 0. The van der Waals surface area contributed by atoms with Gasteiger partial charge in [-0.05, 0) is 55.5 Å². The second-order valence-electron chi connectivity index (χ2n) is 10.3. The Morgan fingerprint density at radius 1 is 0.927 bits per heavy atom. The van der Waals surface area contributed by atoms with E-state index in [1.165, 1.54) is 5.57 Å². The van der Waals surface area contributed by atoms with Gasteiger partial charge in [0.15, 0.2) is 5.82 Å². The summed E-state index contributed by atoms with van der Waals surface area (Å²) in [6, 6.07) is 29.2. The molecular weight excluding hydrogens is 510 g/mol. The van der Waals surface area contributed by atoms with E-state index < -0.39 is 5.69 Å². The molecule has 2 N–H and O–H groups in total. The molecule has 1 aliphatic heterocycles. The Balaban J connectivity index is 1.69. The zero-order valence-corrected chi connectivity index (χ0v) is 23.7. The average molecular weight is 546 g/mol. The Morgan fingerprint density at radius 3 is 2.22 bits per heavy atom. The molecule has 1 atom stereocenters. The van der Waals surface area contributed by atoms with Gasteiger partial charge in [0.1, 0.15) is 5.82 Å². The van der Waals surface area contributed by atoms with Gasteiger partial charge in [-0.3, -0.25) is 15.6 Å². The van der Waals surface area contributed by atoms with Gasteiger partial charge in [-0.2, -0.15) is 4.98 Å². The van der Waals surface area contributed by atoms with Crippen molar-refractivity contribution in [2.24, 2.45) is 4.99 Å². The number of amides is 1. The van der Waals surface area contributed by atoms with Gasteiger partial charge in [-0.25, -0.2) is 14.4 Å². The van der Waals surface area contributed by atoms with Crippen LogP contribution in [0.15, 0.2) is 112 Å². The molecule has 0 aliphatic carbocycles. The summed E-state index contributed by atoms with van der Waals surface area (Å²) < 4.78 is 1.56. The van der Waals surface area contributed by atoms with Crippen molar-refractivity contribution in [3.8, 4) is 5.69 Å². The minimum absolute atomic E-state index is 0.192. The van der Waals surface area contributed by atoms with Gasteiger partial charge in [-0.1, -0.05) is 97.8 Å². The van der Waals surface area contributed by atoms with Crippen LogP contribution in [0.25, 0.3) is 5.69 Å². The van der Waals surface area contributed by atoms with Crippen molar-refractivity contribution in [3.05, 3.63) is 129 Å². The fourth-order valence-electron chi connectivity index (χ4n) is 5.44. The van der Waals surface area contributed by atoms with E-state index in [0.29, 0.717) is 17.3 Å². The van der Waals surface area contributed by atoms with E-state index in [1.54, 1.807) is 4.57 Å². The molecule has 2 heterocycles. The first-order chi connectivity index (χ1) is 20.0. The lowest BCUT2D eigenvalue weighted by atomic mass is 9.78. The third kappa shape index (κ3) is 6.04. The van der Waals surface area contributed by atoms with Crippen molar-refractivity contribution < 1.29 is 4.79 Å². The summed E-state index contributed by atoms with van der Waals surface area (Å²) >= 11 is 0. The van der Waals surface area contributed by atoms with Crippen molar-refractivity contribution >= 4 is 23.3 Å². The summed E-state index contributed by atoms with van der Waals surface area (Å²) in [5.41, 5.74) is 11.9. The van der Waals surface area contributed by atoms with Crippen LogP contribution >= 0.6 is 0 Å². The number of nitrogens with one attached hydrogen (secondary N) is 2. The third-order valence-electron chi connectivity index (χ3n) is 7.39. The van der Waals surface area contributed by atoms with Crippen LogP contribution in [0.2, 0.25) is 0 Å². The standard InChI is InChI=1S/C34H35N5O2/c1-4-5-15-23(2)29-24(3)35-33-31(30(29)26-18-11-7-12-19-26)32(36-34(41)39(33)27-20-13-8-14-21-27)38-37-28(40)22-25-16-9-6-10-17-25/h6-14,16-21,30H,4-5,15,22H2,1-3H3,(H,37,40)(H,36,38,41)/b29-23+. The molecule has 7 nitrogen and oxygen atoms in total. The summed E-state index contributed by atoms with van der Waals surface area (Å²) in [6.45, 7) is 6.37. The van der Waals surface area contributed by atoms with Crippen LogP contribution in [-0.2, 0) is 11.2 Å². The highest BCUT2D eigenvalue weighted by Gasteiger charge is 2.35. The largest absolute Gasteiger partial charge is 0.355 e. The SMILES string of the molecule is CCCC/C(C)=C1\C(C)=Nc2c(c(NNC(=O)Cc3ccccc3)nc(=O)n2-c2ccccc2)C1c1ccccc1. The molecule has 7 heteroatoms. The molecule has 3 aromatic carbocycles.